The molecule has 0 radical (unpaired) electrons. The molecule has 0 amide bonds. The fraction of sp³-hybridized carbons (Fsp3) is 0.286. The van der Waals surface area contributed by atoms with Crippen molar-refractivity contribution in [3.05, 3.63) is 46.6 Å². The van der Waals surface area contributed by atoms with E-state index >= 15 is 0 Å². The molecule has 0 aliphatic carbocycles. The van der Waals surface area contributed by atoms with Crippen LogP contribution >= 0.6 is 0 Å². The van der Waals surface area contributed by atoms with E-state index in [1.807, 2.05) is 0 Å². The molecule has 32 heavy (non-hydrogen) atoms. The van der Waals surface area contributed by atoms with Gasteiger partial charge in [0.1, 0.15) is 46.9 Å². The highest BCUT2D eigenvalue weighted by Crippen LogP contribution is 2.42. The highest BCUT2D eigenvalue weighted by molar-refractivity contribution is 5.89. The Morgan fingerprint density at radius 3 is 2.25 bits per heavy atom. The number of fused-ring (bicyclic) bond motifs is 1. The third-order valence-corrected chi connectivity index (χ3v) is 5.17. The van der Waals surface area contributed by atoms with Crippen molar-refractivity contribution in [2.45, 2.75) is 30.7 Å². The summed E-state index contributed by atoms with van der Waals surface area (Å²) in [5, 5.41) is 69.0. The molecular formula is C21H20O11. The predicted octanol–water partition coefficient (Wildman–Crippen LogP) is -0.245. The van der Waals surface area contributed by atoms with E-state index in [-0.39, 0.29) is 22.5 Å². The molecule has 4 rings (SSSR count). The van der Waals surface area contributed by atoms with Gasteiger partial charge in [-0.2, -0.15) is 0 Å². The van der Waals surface area contributed by atoms with Gasteiger partial charge in [0.15, 0.2) is 16.9 Å². The van der Waals surface area contributed by atoms with Gasteiger partial charge in [-0.3, -0.25) is 4.79 Å². The number of hydrogen-bond acceptors (Lipinski definition) is 11. The maximum atomic E-state index is 12.6. The molecule has 2 aromatic carbocycles. The summed E-state index contributed by atoms with van der Waals surface area (Å²) in [6.07, 6.45) is -7.99. The maximum absolute atomic E-state index is 12.6. The molecule has 3 aromatic rings. The van der Waals surface area contributed by atoms with Crippen molar-refractivity contribution in [2.24, 2.45) is 0 Å². The van der Waals surface area contributed by atoms with Crippen molar-refractivity contribution in [1.29, 1.82) is 0 Å². The molecule has 7 N–H and O–H groups in total. The van der Waals surface area contributed by atoms with Crippen molar-refractivity contribution in [2.75, 3.05) is 6.61 Å². The highest BCUT2D eigenvalue weighted by Gasteiger charge is 2.45. The van der Waals surface area contributed by atoms with E-state index in [2.05, 4.69) is 0 Å². The van der Waals surface area contributed by atoms with Gasteiger partial charge >= 0.3 is 0 Å². The Bertz CT molecular complexity index is 1190. The summed E-state index contributed by atoms with van der Waals surface area (Å²) in [5.41, 5.74) is -0.386. The minimum atomic E-state index is -1.76. The average Bonchev–Trinajstić information content (AvgIpc) is 2.77. The monoisotopic (exact) mass is 448 g/mol. The molecule has 11 nitrogen and oxygen atoms in total. The van der Waals surface area contributed by atoms with E-state index in [0.29, 0.717) is 5.56 Å². The molecule has 5 atom stereocenters. The number of aliphatic hydroxyl groups is 4. The fourth-order valence-electron chi connectivity index (χ4n) is 3.42. The lowest BCUT2D eigenvalue weighted by atomic mass is 9.99. The van der Waals surface area contributed by atoms with Crippen LogP contribution in [0.2, 0.25) is 0 Å². The first-order chi connectivity index (χ1) is 15.2. The summed E-state index contributed by atoms with van der Waals surface area (Å²) in [4.78, 5) is 12.6. The SMILES string of the molecule is O=c1cc(-c2ccc(O)cc2)oc2cc(O[C@H]3O[C@@H](CO)[C@H](O)[C@@H](O)[C@@H]3O)c(O)c(O)c12. The number of phenols is 3. The second-order valence-corrected chi connectivity index (χ2v) is 7.28. The van der Waals surface area contributed by atoms with Gasteiger partial charge in [0.05, 0.1) is 6.61 Å². The zero-order valence-corrected chi connectivity index (χ0v) is 16.3. The van der Waals surface area contributed by atoms with Crippen LogP contribution in [0.1, 0.15) is 0 Å². The van der Waals surface area contributed by atoms with Crippen LogP contribution in [0.3, 0.4) is 0 Å². The summed E-state index contributed by atoms with van der Waals surface area (Å²) in [6.45, 7) is -0.690. The topological polar surface area (TPSA) is 190 Å². The van der Waals surface area contributed by atoms with Gasteiger partial charge in [-0.25, -0.2) is 0 Å². The smallest absolute Gasteiger partial charge is 0.229 e. The van der Waals surface area contributed by atoms with Gasteiger partial charge in [0, 0.05) is 17.7 Å². The quantitative estimate of drug-likeness (QED) is 0.261. The van der Waals surface area contributed by atoms with E-state index in [0.717, 1.165) is 12.1 Å². The van der Waals surface area contributed by atoms with E-state index < -0.39 is 60.0 Å². The molecule has 1 aromatic heterocycles. The van der Waals surface area contributed by atoms with Crippen molar-refractivity contribution >= 4 is 11.0 Å². The Kier molecular flexibility index (Phi) is 5.67. The molecule has 0 saturated carbocycles. The van der Waals surface area contributed by atoms with Crippen molar-refractivity contribution in [1.82, 2.24) is 0 Å². The third kappa shape index (κ3) is 3.72. The lowest BCUT2D eigenvalue weighted by Crippen LogP contribution is -2.60. The largest absolute Gasteiger partial charge is 0.508 e. The number of benzene rings is 2. The average molecular weight is 448 g/mol. The van der Waals surface area contributed by atoms with Crippen molar-refractivity contribution < 1.29 is 49.6 Å². The standard InChI is InChI=1S/C21H20O11/c22-7-14-17(26)19(28)20(29)21(32-14)31-13-6-12-15(18(27)16(13)25)10(24)5-11(30-12)8-1-3-9(23)4-2-8/h1-6,14,17,19-23,25-29H,7H2/t14-,17-,19+,20-,21-/m0/s1. The molecule has 1 saturated heterocycles. The Morgan fingerprint density at radius 1 is 0.906 bits per heavy atom. The zero-order chi connectivity index (χ0) is 23.2. The molecule has 0 unspecified atom stereocenters. The lowest BCUT2D eigenvalue weighted by molar-refractivity contribution is -0.277. The number of aromatic hydroxyl groups is 3. The molecule has 170 valence electrons. The molecule has 1 aliphatic rings. The number of hydrogen-bond donors (Lipinski definition) is 7. The predicted molar refractivity (Wildman–Crippen MR) is 107 cm³/mol. The minimum Gasteiger partial charge on any atom is -0.508 e. The first kappa shape index (κ1) is 21.9. The van der Waals surface area contributed by atoms with Gasteiger partial charge in [-0.1, -0.05) is 0 Å². The second kappa shape index (κ2) is 8.30. The zero-order valence-electron chi connectivity index (χ0n) is 16.3. The van der Waals surface area contributed by atoms with E-state index in [9.17, 15) is 40.5 Å². The molecule has 1 aliphatic heterocycles. The Morgan fingerprint density at radius 2 is 1.59 bits per heavy atom. The molecular weight excluding hydrogens is 428 g/mol. The Labute approximate surface area is 179 Å². The van der Waals surface area contributed by atoms with Gasteiger partial charge in [-0.05, 0) is 24.3 Å². The normalized spacial score (nSPS) is 25.7. The summed E-state index contributed by atoms with van der Waals surface area (Å²) in [7, 11) is 0. The van der Waals surface area contributed by atoms with Crippen molar-refractivity contribution in [3.63, 3.8) is 0 Å². The molecule has 11 heteroatoms. The van der Waals surface area contributed by atoms with Gasteiger partial charge in [-0.15, -0.1) is 0 Å². The van der Waals surface area contributed by atoms with Crippen LogP contribution < -0.4 is 10.2 Å². The molecule has 2 heterocycles. The summed E-state index contributed by atoms with van der Waals surface area (Å²) < 4.78 is 16.3. The van der Waals surface area contributed by atoms with Crippen LogP contribution in [-0.4, -0.2) is 73.1 Å². The number of ether oxygens (including phenoxy) is 2. The second-order valence-electron chi connectivity index (χ2n) is 7.28. The van der Waals surface area contributed by atoms with Crippen molar-refractivity contribution in [3.8, 4) is 34.3 Å². The first-order valence-electron chi connectivity index (χ1n) is 9.50. The van der Waals surface area contributed by atoms with E-state index in [4.69, 9.17) is 13.9 Å². The highest BCUT2D eigenvalue weighted by atomic mass is 16.7. The van der Waals surface area contributed by atoms with E-state index in [1.54, 1.807) is 0 Å². The Balaban J connectivity index is 1.76. The summed E-state index contributed by atoms with van der Waals surface area (Å²) in [5.74, 6) is -2.03. The maximum Gasteiger partial charge on any atom is 0.229 e. The van der Waals surface area contributed by atoms with Gasteiger partial charge in [0.25, 0.3) is 0 Å². The van der Waals surface area contributed by atoms with Crippen LogP contribution in [0, 0.1) is 0 Å². The molecule has 0 spiro atoms. The minimum absolute atomic E-state index is 0.00895. The molecule has 0 bridgehead atoms. The first-order valence-corrected chi connectivity index (χ1v) is 9.50. The van der Waals surface area contributed by atoms with Crippen LogP contribution in [0.15, 0.2) is 45.6 Å². The van der Waals surface area contributed by atoms with Gasteiger partial charge in [0.2, 0.25) is 12.0 Å². The summed E-state index contributed by atoms with van der Waals surface area (Å²) >= 11 is 0. The third-order valence-electron chi connectivity index (χ3n) is 5.17. The van der Waals surface area contributed by atoms with Crippen LogP contribution in [0.25, 0.3) is 22.3 Å². The van der Waals surface area contributed by atoms with Crippen LogP contribution in [0.5, 0.6) is 23.0 Å². The van der Waals surface area contributed by atoms with Crippen LogP contribution in [0.4, 0.5) is 0 Å². The number of phenolic OH excluding ortho intramolecular Hbond substituents is 3. The molecule has 1 fully saturated rings. The lowest BCUT2D eigenvalue weighted by Gasteiger charge is -2.39. The number of aliphatic hydroxyl groups excluding tert-OH is 4. The van der Waals surface area contributed by atoms with Gasteiger partial charge < -0.3 is 49.6 Å². The number of rotatable bonds is 4. The van der Waals surface area contributed by atoms with Crippen LogP contribution in [-0.2, 0) is 4.74 Å². The Hall–Kier alpha value is -3.35. The fourth-order valence-corrected chi connectivity index (χ4v) is 3.42. The van der Waals surface area contributed by atoms with E-state index in [1.165, 1.54) is 24.3 Å². The summed E-state index contributed by atoms with van der Waals surface area (Å²) in [6, 6.07) is 7.97.